The van der Waals surface area contributed by atoms with Gasteiger partial charge in [0.05, 0.1) is 19.8 Å². The van der Waals surface area contributed by atoms with E-state index in [0.717, 1.165) is 0 Å². The third-order valence-electron chi connectivity index (χ3n) is 2.35. The zero-order valence-corrected chi connectivity index (χ0v) is 9.60. The van der Waals surface area contributed by atoms with E-state index in [-0.39, 0.29) is 6.54 Å². The molecular weight excluding hydrogens is 219 g/mol. The third-order valence-corrected chi connectivity index (χ3v) is 3.35. The van der Waals surface area contributed by atoms with E-state index in [1.165, 1.54) is 4.90 Å². The minimum Gasteiger partial charge on any atom is -0.379 e. The molecule has 6 nitrogen and oxygen atoms in total. The van der Waals surface area contributed by atoms with Crippen LogP contribution in [-0.2, 0) is 14.1 Å². The van der Waals surface area contributed by atoms with E-state index >= 15 is 0 Å². The van der Waals surface area contributed by atoms with Crippen LogP contribution >= 0.6 is 8.03 Å². The van der Waals surface area contributed by atoms with Crippen molar-refractivity contribution in [2.24, 2.45) is 0 Å². The fourth-order valence-corrected chi connectivity index (χ4v) is 2.41. The van der Waals surface area contributed by atoms with Crippen LogP contribution in [-0.4, -0.2) is 66.8 Å². The molecule has 1 saturated heterocycles. The lowest BCUT2D eigenvalue weighted by Crippen LogP contribution is -2.46. The molecule has 2 unspecified atom stereocenters. The fraction of sp³-hybridized carbons (Fsp3) is 0.875. The van der Waals surface area contributed by atoms with E-state index in [4.69, 9.17) is 4.74 Å². The normalized spacial score (nSPS) is 20.8. The summed E-state index contributed by atoms with van der Waals surface area (Å²) in [6, 6.07) is 0. The third kappa shape index (κ3) is 3.83. The minimum atomic E-state index is -2.31. The Hall–Kier alpha value is -0.550. The molecule has 0 aromatic heterocycles. The maximum atomic E-state index is 11.2. The van der Waals surface area contributed by atoms with Crippen molar-refractivity contribution < 1.29 is 19.0 Å². The van der Waals surface area contributed by atoms with Crippen LogP contribution in [0.25, 0.3) is 0 Å². The number of morpholine rings is 1. The standard InChI is InChI=1S/C8H15N2O4P/c1-9(7-11)6-8(15(12)13)10-2-4-14-5-3-10/h7-8H,2-6H2,1H3/p+1. The van der Waals surface area contributed by atoms with Crippen molar-refractivity contribution in [2.45, 2.75) is 5.78 Å². The van der Waals surface area contributed by atoms with Crippen LogP contribution in [0.3, 0.4) is 0 Å². The number of carbonyl (C=O) groups excluding carboxylic acids is 1. The van der Waals surface area contributed by atoms with Crippen LogP contribution in [0.2, 0.25) is 0 Å². The second-order valence-electron chi connectivity index (χ2n) is 3.48. The van der Waals surface area contributed by atoms with Crippen molar-refractivity contribution in [2.75, 3.05) is 39.9 Å². The molecule has 1 fully saturated rings. The van der Waals surface area contributed by atoms with Gasteiger partial charge in [-0.3, -0.25) is 9.69 Å². The van der Waals surface area contributed by atoms with E-state index in [0.29, 0.717) is 32.7 Å². The Morgan fingerprint density at radius 2 is 2.20 bits per heavy atom. The molecule has 1 rings (SSSR count). The molecule has 2 atom stereocenters. The molecule has 0 radical (unpaired) electrons. The number of hydrogen-bond donors (Lipinski definition) is 1. The Bertz CT molecular complexity index is 233. The second-order valence-corrected chi connectivity index (χ2v) is 4.68. The summed E-state index contributed by atoms with van der Waals surface area (Å²) < 4.78 is 16.3. The van der Waals surface area contributed by atoms with Crippen LogP contribution in [0.1, 0.15) is 0 Å². The van der Waals surface area contributed by atoms with E-state index < -0.39 is 13.8 Å². The quantitative estimate of drug-likeness (QED) is 0.512. The van der Waals surface area contributed by atoms with Gasteiger partial charge in [0.2, 0.25) is 6.41 Å². The first-order chi connectivity index (χ1) is 7.15. The summed E-state index contributed by atoms with van der Waals surface area (Å²) in [5.74, 6) is -0.487. The highest BCUT2D eigenvalue weighted by Gasteiger charge is 2.37. The van der Waals surface area contributed by atoms with E-state index in [2.05, 4.69) is 0 Å². The predicted molar refractivity (Wildman–Crippen MR) is 54.7 cm³/mol. The Morgan fingerprint density at radius 3 is 2.67 bits per heavy atom. The van der Waals surface area contributed by atoms with Gasteiger partial charge < -0.3 is 9.64 Å². The number of nitrogens with zero attached hydrogens (tertiary/aromatic N) is 2. The van der Waals surface area contributed by atoms with Gasteiger partial charge in [0.15, 0.2) is 0 Å². The van der Waals surface area contributed by atoms with Gasteiger partial charge in [-0.15, -0.1) is 0 Å². The first-order valence-electron chi connectivity index (χ1n) is 4.77. The Morgan fingerprint density at radius 1 is 1.60 bits per heavy atom. The molecule has 7 heteroatoms. The Balaban J connectivity index is 2.55. The first-order valence-corrected chi connectivity index (χ1v) is 6.06. The molecule has 1 aliphatic rings. The highest BCUT2D eigenvalue weighted by atomic mass is 31.1. The van der Waals surface area contributed by atoms with Crippen LogP contribution in [0, 0.1) is 0 Å². The van der Waals surface area contributed by atoms with Gasteiger partial charge in [-0.1, -0.05) is 0 Å². The Kier molecular flexibility index (Phi) is 5.11. The highest BCUT2D eigenvalue weighted by molar-refractivity contribution is 7.38. The van der Waals surface area contributed by atoms with Gasteiger partial charge in [0, 0.05) is 20.1 Å². The number of amides is 1. The number of ether oxygens (including phenoxy) is 1. The number of carbonyl (C=O) groups is 1. The van der Waals surface area contributed by atoms with Crippen molar-refractivity contribution in [3.05, 3.63) is 0 Å². The van der Waals surface area contributed by atoms with Gasteiger partial charge in [-0.05, 0) is 4.57 Å². The van der Waals surface area contributed by atoms with Gasteiger partial charge >= 0.3 is 8.03 Å². The molecule has 0 aromatic rings. The average molecular weight is 235 g/mol. The van der Waals surface area contributed by atoms with Gasteiger partial charge in [0.1, 0.15) is 0 Å². The number of rotatable bonds is 5. The molecule has 1 amide bonds. The first kappa shape index (κ1) is 12.5. The molecule has 0 saturated carbocycles. The molecule has 86 valence electrons. The second kappa shape index (κ2) is 6.12. The smallest absolute Gasteiger partial charge is 0.379 e. The molecule has 0 aliphatic carbocycles. The highest BCUT2D eigenvalue weighted by Crippen LogP contribution is 2.26. The maximum absolute atomic E-state index is 11.2. The monoisotopic (exact) mass is 235 g/mol. The molecule has 0 spiro atoms. The number of likely N-dealkylation sites (N-methyl/N-ethyl adjacent to an activating group) is 1. The SMILES string of the molecule is CN(C=O)CC(N1CCOCC1)[P+](=O)O. The van der Waals surface area contributed by atoms with Crippen LogP contribution in [0.4, 0.5) is 0 Å². The summed E-state index contributed by atoms with van der Waals surface area (Å²) in [6.07, 6.45) is 0.659. The van der Waals surface area contributed by atoms with Gasteiger partial charge in [-0.2, -0.15) is 4.89 Å². The summed E-state index contributed by atoms with van der Waals surface area (Å²) in [4.78, 5) is 22.9. The summed E-state index contributed by atoms with van der Waals surface area (Å²) in [6.45, 7) is 2.70. The molecule has 1 N–H and O–H groups in total. The molecule has 1 heterocycles. The van der Waals surface area contributed by atoms with Gasteiger partial charge in [-0.25, -0.2) is 0 Å². The topological polar surface area (TPSA) is 70.1 Å². The summed E-state index contributed by atoms with van der Waals surface area (Å²) in [5, 5.41) is 0. The van der Waals surface area contributed by atoms with Crippen LogP contribution in [0.5, 0.6) is 0 Å². The van der Waals surface area contributed by atoms with Crippen molar-refractivity contribution in [3.8, 4) is 0 Å². The average Bonchev–Trinajstić information content (AvgIpc) is 2.26. The molecule has 0 bridgehead atoms. The molecule has 15 heavy (non-hydrogen) atoms. The summed E-state index contributed by atoms with van der Waals surface area (Å²) in [5.41, 5.74) is 0. The van der Waals surface area contributed by atoms with Crippen molar-refractivity contribution in [1.82, 2.24) is 9.80 Å². The van der Waals surface area contributed by atoms with E-state index in [9.17, 15) is 14.3 Å². The van der Waals surface area contributed by atoms with Crippen LogP contribution < -0.4 is 0 Å². The van der Waals surface area contributed by atoms with E-state index in [1.54, 1.807) is 7.05 Å². The van der Waals surface area contributed by atoms with Crippen molar-refractivity contribution >= 4 is 14.4 Å². The van der Waals surface area contributed by atoms with Crippen LogP contribution in [0.15, 0.2) is 0 Å². The minimum absolute atomic E-state index is 0.273. The van der Waals surface area contributed by atoms with E-state index in [1.807, 2.05) is 4.90 Å². The molecule has 1 aliphatic heterocycles. The summed E-state index contributed by atoms with van der Waals surface area (Å²) >= 11 is 0. The van der Waals surface area contributed by atoms with Crippen molar-refractivity contribution in [1.29, 1.82) is 0 Å². The van der Waals surface area contributed by atoms with Crippen molar-refractivity contribution in [3.63, 3.8) is 0 Å². The molecule has 0 aromatic carbocycles. The largest absolute Gasteiger partial charge is 0.526 e. The zero-order valence-electron chi connectivity index (χ0n) is 8.70. The lowest BCUT2D eigenvalue weighted by molar-refractivity contribution is -0.117. The fourth-order valence-electron chi connectivity index (χ4n) is 1.50. The summed E-state index contributed by atoms with van der Waals surface area (Å²) in [7, 11) is -0.709. The zero-order chi connectivity index (χ0) is 11.3. The Labute approximate surface area is 89.7 Å². The van der Waals surface area contributed by atoms with Gasteiger partial charge in [0.25, 0.3) is 5.78 Å². The molecular formula is C8H16N2O4P+. The number of hydrogen-bond acceptors (Lipinski definition) is 4. The lowest BCUT2D eigenvalue weighted by Gasteiger charge is -2.28. The predicted octanol–water partition coefficient (Wildman–Crippen LogP) is -0.532. The lowest BCUT2D eigenvalue weighted by atomic mass is 10.4. The maximum Gasteiger partial charge on any atom is 0.526 e.